The van der Waals surface area contributed by atoms with Crippen molar-refractivity contribution in [3.8, 4) is 6.07 Å². The Morgan fingerprint density at radius 1 is 1.71 bits per heavy atom. The third kappa shape index (κ3) is 2.24. The first-order chi connectivity index (χ1) is 8.13. The van der Waals surface area contributed by atoms with Crippen LogP contribution < -0.4 is 4.90 Å². The van der Waals surface area contributed by atoms with Gasteiger partial charge in [0.2, 0.25) is 0 Å². The number of hydrogen-bond donors (Lipinski definition) is 1. The zero-order valence-corrected chi connectivity index (χ0v) is 10.3. The molecule has 1 saturated heterocycles. The number of nitrogens with zero attached hydrogens (tertiary/aromatic N) is 3. The maximum Gasteiger partial charge on any atom is 0.308 e. The fourth-order valence-corrected chi connectivity index (χ4v) is 2.95. The van der Waals surface area contributed by atoms with Crippen molar-refractivity contribution >= 4 is 22.5 Å². The number of aromatic nitrogens is 1. The average molecular weight is 251 g/mol. The molecular weight excluding hydrogens is 238 g/mol. The molecule has 5 nitrogen and oxygen atoms in total. The number of carboxylic acid groups (broad SMARTS) is 1. The number of carboxylic acids is 1. The van der Waals surface area contributed by atoms with Crippen LogP contribution in [0.3, 0.4) is 0 Å². The molecule has 0 saturated carbocycles. The van der Waals surface area contributed by atoms with Gasteiger partial charge in [0, 0.05) is 13.1 Å². The van der Waals surface area contributed by atoms with E-state index in [1.807, 2.05) is 4.90 Å². The molecule has 2 heterocycles. The molecule has 6 heteroatoms. The standard InChI is InChI=1S/C11H13N3O2S/c1-7-9(5-12)10(17-13-7)14-4-2-3-8(6-14)11(15)16/h8H,2-4,6H2,1H3,(H,15,16). The van der Waals surface area contributed by atoms with E-state index in [-0.39, 0.29) is 5.92 Å². The SMILES string of the molecule is Cc1nsc(N2CCCC(C(=O)O)C2)c1C#N. The average Bonchev–Trinajstić information content (AvgIpc) is 2.70. The number of nitriles is 1. The molecule has 0 aliphatic carbocycles. The molecule has 1 aliphatic heterocycles. The third-order valence-corrected chi connectivity index (χ3v) is 4.01. The molecule has 0 bridgehead atoms. The smallest absolute Gasteiger partial charge is 0.308 e. The van der Waals surface area contributed by atoms with Gasteiger partial charge in [-0.3, -0.25) is 4.79 Å². The van der Waals surface area contributed by atoms with Crippen molar-refractivity contribution in [3.63, 3.8) is 0 Å². The van der Waals surface area contributed by atoms with Crippen LogP contribution in [0.15, 0.2) is 0 Å². The molecule has 1 atom stereocenters. The van der Waals surface area contributed by atoms with E-state index in [4.69, 9.17) is 10.4 Å². The Balaban J connectivity index is 2.22. The van der Waals surface area contributed by atoms with Gasteiger partial charge in [0.1, 0.15) is 16.6 Å². The zero-order valence-electron chi connectivity index (χ0n) is 9.51. The van der Waals surface area contributed by atoms with Crippen LogP contribution >= 0.6 is 11.5 Å². The zero-order chi connectivity index (χ0) is 12.4. The van der Waals surface area contributed by atoms with Gasteiger partial charge in [-0.1, -0.05) is 0 Å². The van der Waals surface area contributed by atoms with Gasteiger partial charge in [-0.15, -0.1) is 0 Å². The second kappa shape index (κ2) is 4.72. The predicted molar refractivity (Wildman–Crippen MR) is 64.1 cm³/mol. The Bertz CT molecular complexity index is 478. The van der Waals surface area contributed by atoms with E-state index < -0.39 is 5.97 Å². The molecule has 17 heavy (non-hydrogen) atoms. The van der Waals surface area contributed by atoms with Crippen LogP contribution in [-0.4, -0.2) is 28.5 Å². The lowest BCUT2D eigenvalue weighted by molar-refractivity contribution is -0.141. The van der Waals surface area contributed by atoms with Gasteiger partial charge in [0.05, 0.1) is 11.6 Å². The summed E-state index contributed by atoms with van der Waals surface area (Å²) in [5.74, 6) is -1.09. The third-order valence-electron chi connectivity index (χ3n) is 3.01. The van der Waals surface area contributed by atoms with Crippen LogP contribution in [0.4, 0.5) is 5.00 Å². The Morgan fingerprint density at radius 2 is 2.47 bits per heavy atom. The molecular formula is C11H13N3O2S. The molecule has 0 spiro atoms. The van der Waals surface area contributed by atoms with Crippen LogP contribution in [0, 0.1) is 24.2 Å². The Labute approximate surface area is 103 Å². The van der Waals surface area contributed by atoms with Gasteiger partial charge in [0.25, 0.3) is 0 Å². The topological polar surface area (TPSA) is 77.2 Å². The number of carbonyl (C=O) groups is 1. The predicted octanol–water partition coefficient (Wildman–Crippen LogP) is 1.62. The van der Waals surface area contributed by atoms with Crippen LogP contribution in [0.1, 0.15) is 24.1 Å². The maximum absolute atomic E-state index is 11.0. The van der Waals surface area contributed by atoms with Crippen LogP contribution in [0.5, 0.6) is 0 Å². The van der Waals surface area contributed by atoms with E-state index >= 15 is 0 Å². The number of aryl methyl sites for hydroxylation is 1. The van der Waals surface area contributed by atoms with Crippen molar-refractivity contribution in [2.75, 3.05) is 18.0 Å². The largest absolute Gasteiger partial charge is 0.481 e. The summed E-state index contributed by atoms with van der Waals surface area (Å²) < 4.78 is 4.16. The number of rotatable bonds is 2. The van der Waals surface area contributed by atoms with Crippen LogP contribution in [0.2, 0.25) is 0 Å². The lowest BCUT2D eigenvalue weighted by Crippen LogP contribution is -2.38. The second-order valence-corrected chi connectivity index (χ2v) is 4.94. The van der Waals surface area contributed by atoms with Gasteiger partial charge in [-0.05, 0) is 31.3 Å². The Morgan fingerprint density at radius 3 is 3.12 bits per heavy atom. The van der Waals surface area contributed by atoms with Gasteiger partial charge >= 0.3 is 5.97 Å². The van der Waals surface area contributed by atoms with Crippen LogP contribution in [-0.2, 0) is 4.79 Å². The van der Waals surface area contributed by atoms with E-state index in [0.717, 1.165) is 23.7 Å². The summed E-state index contributed by atoms with van der Waals surface area (Å²) >= 11 is 1.28. The van der Waals surface area contributed by atoms with E-state index in [2.05, 4.69) is 10.4 Å². The number of anilines is 1. The molecule has 1 fully saturated rings. The molecule has 1 aromatic rings. The van der Waals surface area contributed by atoms with Crippen molar-refractivity contribution in [2.24, 2.45) is 5.92 Å². The minimum absolute atomic E-state index is 0.335. The van der Waals surface area contributed by atoms with Crippen molar-refractivity contribution in [1.29, 1.82) is 5.26 Å². The molecule has 0 aromatic carbocycles. The molecule has 0 radical (unpaired) electrons. The summed E-state index contributed by atoms with van der Waals surface area (Å²) in [6.45, 7) is 3.09. The van der Waals surface area contributed by atoms with Gasteiger partial charge in [-0.2, -0.15) is 9.64 Å². The summed E-state index contributed by atoms with van der Waals surface area (Å²) in [7, 11) is 0. The minimum atomic E-state index is -0.755. The summed E-state index contributed by atoms with van der Waals surface area (Å²) in [6, 6.07) is 2.14. The quantitative estimate of drug-likeness (QED) is 0.864. The van der Waals surface area contributed by atoms with E-state index in [9.17, 15) is 4.79 Å². The lowest BCUT2D eigenvalue weighted by Gasteiger charge is -2.31. The fourth-order valence-electron chi connectivity index (χ4n) is 2.07. The van der Waals surface area contributed by atoms with E-state index in [1.165, 1.54) is 11.5 Å². The highest BCUT2D eigenvalue weighted by Gasteiger charge is 2.28. The number of aliphatic carboxylic acids is 1. The molecule has 1 unspecified atom stereocenters. The summed E-state index contributed by atoms with van der Waals surface area (Å²) in [5.41, 5.74) is 1.31. The molecule has 1 N–H and O–H groups in total. The molecule has 1 aromatic heterocycles. The first kappa shape index (κ1) is 11.9. The Hall–Kier alpha value is -1.61. The highest BCUT2D eigenvalue weighted by atomic mass is 32.1. The van der Waals surface area contributed by atoms with Crippen molar-refractivity contribution in [2.45, 2.75) is 19.8 Å². The highest BCUT2D eigenvalue weighted by Crippen LogP contribution is 2.31. The molecule has 1 aliphatic rings. The van der Waals surface area contributed by atoms with Crippen molar-refractivity contribution in [1.82, 2.24) is 4.37 Å². The molecule has 90 valence electrons. The first-order valence-corrected chi connectivity index (χ1v) is 6.25. The summed E-state index contributed by atoms with van der Waals surface area (Å²) in [4.78, 5) is 13.0. The van der Waals surface area contributed by atoms with Gasteiger partial charge in [-0.25, -0.2) is 0 Å². The Kier molecular flexibility index (Phi) is 3.29. The summed E-state index contributed by atoms with van der Waals surface area (Å²) in [6.07, 6.45) is 1.56. The minimum Gasteiger partial charge on any atom is -0.481 e. The number of piperidine rings is 1. The normalized spacial score (nSPS) is 20.0. The monoisotopic (exact) mass is 251 g/mol. The van der Waals surface area contributed by atoms with Crippen LogP contribution in [0.25, 0.3) is 0 Å². The van der Waals surface area contributed by atoms with Crippen molar-refractivity contribution in [3.05, 3.63) is 11.3 Å². The van der Waals surface area contributed by atoms with Crippen molar-refractivity contribution < 1.29 is 9.90 Å². The van der Waals surface area contributed by atoms with E-state index in [0.29, 0.717) is 18.5 Å². The molecule has 2 rings (SSSR count). The summed E-state index contributed by atoms with van der Waals surface area (Å²) in [5, 5.41) is 18.9. The number of hydrogen-bond acceptors (Lipinski definition) is 5. The van der Waals surface area contributed by atoms with E-state index in [1.54, 1.807) is 6.92 Å². The molecule has 0 amide bonds. The second-order valence-electron chi connectivity index (χ2n) is 4.18. The first-order valence-electron chi connectivity index (χ1n) is 5.47. The highest BCUT2D eigenvalue weighted by molar-refractivity contribution is 7.10. The maximum atomic E-state index is 11.0. The van der Waals surface area contributed by atoms with Gasteiger partial charge < -0.3 is 10.0 Å². The van der Waals surface area contributed by atoms with Gasteiger partial charge in [0.15, 0.2) is 0 Å². The fraction of sp³-hybridized carbons (Fsp3) is 0.545. The lowest BCUT2D eigenvalue weighted by atomic mass is 9.98.